The van der Waals surface area contributed by atoms with Gasteiger partial charge in [-0.2, -0.15) is 10.5 Å². The van der Waals surface area contributed by atoms with E-state index >= 15 is 0 Å². The van der Waals surface area contributed by atoms with E-state index in [2.05, 4.69) is 16.7 Å². The molecule has 2 atom stereocenters. The van der Waals surface area contributed by atoms with E-state index in [4.69, 9.17) is 14.7 Å². The normalized spacial score (nSPS) is 13.6. The number of hydrogen-bond acceptors (Lipinski definition) is 7. The van der Waals surface area contributed by atoms with Crippen molar-refractivity contribution in [3.63, 3.8) is 0 Å². The van der Waals surface area contributed by atoms with Crippen LogP contribution in [0.2, 0.25) is 0 Å². The minimum absolute atomic E-state index is 0.147. The van der Waals surface area contributed by atoms with Gasteiger partial charge in [-0.1, -0.05) is 6.07 Å². The monoisotopic (exact) mass is 480 g/mol. The number of carbonyl (C=O) groups excluding carboxylic acids is 2. The summed E-state index contributed by atoms with van der Waals surface area (Å²) < 4.78 is 25.7. The topological polar surface area (TPSA) is 144 Å². The highest BCUT2D eigenvalue weighted by atomic mass is 19.1. The number of fused-ring (bicyclic) bond motifs is 3. The Balaban J connectivity index is 1.66. The second kappa shape index (κ2) is 10.4. The molecule has 2 aromatic rings. The lowest BCUT2D eigenvalue weighted by Crippen LogP contribution is -2.47. The summed E-state index contributed by atoms with van der Waals surface area (Å²) in [5, 5.41) is 33.1. The van der Waals surface area contributed by atoms with E-state index in [0.29, 0.717) is 16.9 Å². The molecule has 35 heavy (non-hydrogen) atoms. The minimum atomic E-state index is -1.63. The predicted octanol–water partition coefficient (Wildman–Crippen LogP) is 2.69. The Morgan fingerprint density at radius 3 is 2.63 bits per heavy atom. The number of ether oxygens (including phenoxy) is 2. The summed E-state index contributed by atoms with van der Waals surface area (Å²) >= 11 is 0. The van der Waals surface area contributed by atoms with Crippen LogP contribution in [0, 0.1) is 28.5 Å². The van der Waals surface area contributed by atoms with E-state index in [1.165, 1.54) is 12.1 Å². The van der Waals surface area contributed by atoms with Crippen LogP contribution in [0.25, 0.3) is 11.1 Å². The molecule has 3 rings (SSSR count). The molecule has 0 aliphatic carbocycles. The molecule has 182 valence electrons. The van der Waals surface area contributed by atoms with E-state index in [1.54, 1.807) is 39.0 Å². The van der Waals surface area contributed by atoms with Gasteiger partial charge in [-0.3, -0.25) is 4.79 Å². The molecule has 1 heterocycles. The Hall–Kier alpha value is -4.15. The number of nitrogens with one attached hydrogen (secondary N) is 2. The molecular weight excluding hydrogens is 455 g/mol. The van der Waals surface area contributed by atoms with Crippen LogP contribution in [-0.2, 0) is 22.6 Å². The van der Waals surface area contributed by atoms with Gasteiger partial charge in [0, 0.05) is 12.0 Å². The molecule has 0 saturated heterocycles. The first-order valence-corrected chi connectivity index (χ1v) is 10.8. The standard InChI is InChI=1S/C25H25FN4O5/c1-25(2,3)35-24(33)29-12-21(31)23(32)30-17(11-28)7-15-8-22-19(9-20(15)26)18-5-4-14(10-27)6-16(18)13-34-22/h4-6,8-9,17,21,31H,7,12-13H2,1-3H3,(H,29,33)(H,30,32)/t17?,21-/m0/s1. The van der Waals surface area contributed by atoms with Crippen molar-refractivity contribution in [2.24, 2.45) is 0 Å². The quantitative estimate of drug-likeness (QED) is 0.576. The van der Waals surface area contributed by atoms with Gasteiger partial charge in [-0.15, -0.1) is 0 Å². The van der Waals surface area contributed by atoms with Gasteiger partial charge >= 0.3 is 6.09 Å². The molecule has 0 fully saturated rings. The highest BCUT2D eigenvalue weighted by Crippen LogP contribution is 2.39. The zero-order chi connectivity index (χ0) is 25.8. The molecule has 0 aromatic heterocycles. The van der Waals surface area contributed by atoms with Crippen molar-refractivity contribution < 1.29 is 28.6 Å². The van der Waals surface area contributed by atoms with E-state index in [9.17, 15) is 24.3 Å². The smallest absolute Gasteiger partial charge is 0.407 e. The Bertz CT molecular complexity index is 1230. The average molecular weight is 480 g/mol. The Morgan fingerprint density at radius 2 is 1.97 bits per heavy atom. The summed E-state index contributed by atoms with van der Waals surface area (Å²) in [6.45, 7) is 4.79. The van der Waals surface area contributed by atoms with E-state index in [1.807, 2.05) is 6.07 Å². The molecule has 2 aromatic carbocycles. The number of nitrogens with zero attached hydrogens (tertiary/aromatic N) is 2. The summed E-state index contributed by atoms with van der Waals surface area (Å²) in [7, 11) is 0. The number of aliphatic hydroxyl groups excluding tert-OH is 1. The second-order valence-electron chi connectivity index (χ2n) is 9.01. The molecule has 0 radical (unpaired) electrons. The van der Waals surface area contributed by atoms with Crippen LogP contribution in [0.5, 0.6) is 5.75 Å². The minimum Gasteiger partial charge on any atom is -0.488 e. The largest absolute Gasteiger partial charge is 0.488 e. The molecule has 0 saturated carbocycles. The SMILES string of the molecule is CC(C)(C)OC(=O)NC[C@H](O)C(=O)NC(C#N)Cc1cc2c(cc1F)-c1ccc(C#N)cc1CO2. The first-order chi connectivity index (χ1) is 16.5. The van der Waals surface area contributed by atoms with Crippen molar-refractivity contribution in [3.05, 3.63) is 52.8 Å². The van der Waals surface area contributed by atoms with Crippen LogP contribution in [0.3, 0.4) is 0 Å². The zero-order valence-electron chi connectivity index (χ0n) is 19.5. The Labute approximate surface area is 202 Å². The number of rotatable bonds is 6. The first-order valence-electron chi connectivity index (χ1n) is 10.8. The molecule has 10 heteroatoms. The second-order valence-corrected chi connectivity index (χ2v) is 9.01. The number of carbonyl (C=O) groups is 2. The third-order valence-electron chi connectivity index (χ3n) is 5.09. The molecule has 1 aliphatic rings. The van der Waals surface area contributed by atoms with Crippen molar-refractivity contribution in [1.29, 1.82) is 10.5 Å². The number of alkyl carbamates (subject to hydrolysis) is 1. The fourth-order valence-corrected chi connectivity index (χ4v) is 3.49. The molecule has 1 unspecified atom stereocenters. The number of hydrogen-bond donors (Lipinski definition) is 3. The van der Waals surface area contributed by atoms with Gasteiger partial charge in [-0.25, -0.2) is 9.18 Å². The lowest BCUT2D eigenvalue weighted by molar-refractivity contribution is -0.129. The maximum absolute atomic E-state index is 14.9. The highest BCUT2D eigenvalue weighted by molar-refractivity contribution is 5.82. The molecule has 9 nitrogen and oxygen atoms in total. The fraction of sp³-hybridized carbons (Fsp3) is 0.360. The van der Waals surface area contributed by atoms with Gasteiger partial charge in [0.15, 0.2) is 0 Å². The third kappa shape index (κ3) is 6.46. The predicted molar refractivity (Wildman–Crippen MR) is 122 cm³/mol. The van der Waals surface area contributed by atoms with Crippen molar-refractivity contribution in [3.8, 4) is 29.0 Å². The summed E-state index contributed by atoms with van der Waals surface area (Å²) in [5.74, 6) is -1.07. The van der Waals surface area contributed by atoms with Crippen molar-refractivity contribution in [1.82, 2.24) is 10.6 Å². The average Bonchev–Trinajstić information content (AvgIpc) is 2.80. The Kier molecular flexibility index (Phi) is 7.58. The maximum atomic E-state index is 14.9. The van der Waals surface area contributed by atoms with Crippen molar-refractivity contribution in [2.45, 2.75) is 51.5 Å². The lowest BCUT2D eigenvalue weighted by Gasteiger charge is -2.23. The molecular formula is C25H25FN4O5. The number of benzene rings is 2. The van der Waals surface area contributed by atoms with E-state index in [0.717, 1.165) is 11.1 Å². The number of amides is 2. The van der Waals surface area contributed by atoms with Crippen LogP contribution >= 0.6 is 0 Å². The van der Waals surface area contributed by atoms with Gasteiger partial charge in [0.1, 0.15) is 35.9 Å². The molecule has 2 amide bonds. The number of nitriles is 2. The maximum Gasteiger partial charge on any atom is 0.407 e. The third-order valence-corrected chi connectivity index (χ3v) is 5.09. The van der Waals surface area contributed by atoms with Gasteiger partial charge in [0.05, 0.1) is 24.2 Å². The van der Waals surface area contributed by atoms with Gasteiger partial charge < -0.3 is 25.2 Å². The molecule has 3 N–H and O–H groups in total. The zero-order valence-corrected chi connectivity index (χ0v) is 19.5. The van der Waals surface area contributed by atoms with Gasteiger partial charge in [0.2, 0.25) is 0 Å². The fourth-order valence-electron chi connectivity index (χ4n) is 3.49. The van der Waals surface area contributed by atoms with Crippen LogP contribution in [0.1, 0.15) is 37.5 Å². The van der Waals surface area contributed by atoms with Gasteiger partial charge in [-0.05, 0) is 61.7 Å². The summed E-state index contributed by atoms with van der Waals surface area (Å²) in [6.07, 6.45) is -2.61. The number of halogens is 1. The summed E-state index contributed by atoms with van der Waals surface area (Å²) in [6, 6.07) is 10.6. The lowest BCUT2D eigenvalue weighted by atomic mass is 9.93. The van der Waals surface area contributed by atoms with E-state index in [-0.39, 0.29) is 18.6 Å². The highest BCUT2D eigenvalue weighted by Gasteiger charge is 2.25. The molecule has 0 spiro atoms. The number of aliphatic hydroxyl groups is 1. The Morgan fingerprint density at radius 1 is 1.23 bits per heavy atom. The van der Waals surface area contributed by atoms with Crippen LogP contribution in [0.15, 0.2) is 30.3 Å². The van der Waals surface area contributed by atoms with E-state index < -0.39 is 42.1 Å². The van der Waals surface area contributed by atoms with Gasteiger partial charge in [0.25, 0.3) is 5.91 Å². The summed E-state index contributed by atoms with van der Waals surface area (Å²) in [4.78, 5) is 23.9. The summed E-state index contributed by atoms with van der Waals surface area (Å²) in [5.41, 5.74) is 1.92. The van der Waals surface area contributed by atoms with Crippen LogP contribution < -0.4 is 15.4 Å². The molecule has 0 bridgehead atoms. The van der Waals surface area contributed by atoms with Crippen molar-refractivity contribution >= 4 is 12.0 Å². The molecule has 1 aliphatic heterocycles. The van der Waals surface area contributed by atoms with Crippen LogP contribution in [-0.4, -0.2) is 41.4 Å². The first kappa shape index (κ1) is 25.5. The van der Waals surface area contributed by atoms with Crippen LogP contribution in [0.4, 0.5) is 9.18 Å². The van der Waals surface area contributed by atoms with Crippen molar-refractivity contribution in [2.75, 3.05) is 6.54 Å².